The lowest BCUT2D eigenvalue weighted by Crippen LogP contribution is -1.97. The zero-order valence-corrected chi connectivity index (χ0v) is 35.3. The molecule has 0 saturated heterocycles. The quantitative estimate of drug-likeness (QED) is 0.0578. The SMILES string of the molecule is CC(C)CCCCCCCCCCCCCCCCCCCCCOCCCCCCCCCCCCCCCCCCCCCC(C)C. The molecular weight excluding hydrogens is 593 g/mol. The van der Waals surface area contributed by atoms with Crippen LogP contribution in [0.2, 0.25) is 0 Å². The van der Waals surface area contributed by atoms with Gasteiger partial charge in [-0.25, -0.2) is 0 Å². The summed E-state index contributed by atoms with van der Waals surface area (Å²) in [6, 6.07) is 0. The van der Waals surface area contributed by atoms with Gasteiger partial charge in [-0.15, -0.1) is 0 Å². The van der Waals surface area contributed by atoms with Crippen LogP contribution in [0.5, 0.6) is 0 Å². The summed E-state index contributed by atoms with van der Waals surface area (Å²) in [6.07, 6.45) is 58.1. The van der Waals surface area contributed by atoms with Crippen molar-refractivity contribution in [3.05, 3.63) is 0 Å². The van der Waals surface area contributed by atoms with Gasteiger partial charge in [0.1, 0.15) is 0 Å². The van der Waals surface area contributed by atoms with Crippen LogP contribution < -0.4 is 0 Å². The second-order valence-electron chi connectivity index (χ2n) is 17.4. The minimum Gasteiger partial charge on any atom is -0.381 e. The predicted octanol–water partition coefficient (Wildman–Crippen LogP) is 17.9. The molecule has 0 unspecified atom stereocenters. The van der Waals surface area contributed by atoms with Gasteiger partial charge in [-0.1, -0.05) is 272 Å². The van der Waals surface area contributed by atoms with Crippen molar-refractivity contribution in [2.24, 2.45) is 11.8 Å². The van der Waals surface area contributed by atoms with Gasteiger partial charge in [-0.05, 0) is 24.7 Å². The molecule has 0 atom stereocenters. The van der Waals surface area contributed by atoms with Gasteiger partial charge in [0.15, 0.2) is 0 Å². The van der Waals surface area contributed by atoms with Crippen molar-refractivity contribution in [1.82, 2.24) is 0 Å². The molecule has 0 aromatic carbocycles. The van der Waals surface area contributed by atoms with E-state index in [0.29, 0.717) is 0 Å². The third-order valence-corrected chi connectivity index (χ3v) is 11.1. The molecule has 0 aliphatic heterocycles. The van der Waals surface area contributed by atoms with Gasteiger partial charge >= 0.3 is 0 Å². The molecule has 0 fully saturated rings. The van der Waals surface area contributed by atoms with Gasteiger partial charge in [0.25, 0.3) is 0 Å². The second kappa shape index (κ2) is 44.1. The Bertz CT molecular complexity index is 505. The minimum absolute atomic E-state index is 0.892. The fourth-order valence-corrected chi connectivity index (χ4v) is 7.63. The molecule has 0 saturated carbocycles. The van der Waals surface area contributed by atoms with Crippen LogP contribution in [0.3, 0.4) is 0 Å². The molecule has 0 radical (unpaired) electrons. The number of hydrogen-bond acceptors (Lipinski definition) is 1. The molecule has 1 nitrogen and oxygen atoms in total. The van der Waals surface area contributed by atoms with Crippen LogP contribution in [0.15, 0.2) is 0 Å². The van der Waals surface area contributed by atoms with Gasteiger partial charge in [-0.2, -0.15) is 0 Å². The lowest BCUT2D eigenvalue weighted by atomic mass is 10.0. The first-order valence-corrected chi connectivity index (χ1v) is 23.7. The summed E-state index contributed by atoms with van der Waals surface area (Å²) in [6.45, 7) is 11.4. The van der Waals surface area contributed by atoms with Crippen molar-refractivity contribution >= 4 is 0 Å². The third-order valence-electron chi connectivity index (χ3n) is 11.1. The van der Waals surface area contributed by atoms with E-state index in [1.165, 1.54) is 257 Å². The second-order valence-corrected chi connectivity index (χ2v) is 17.4. The molecule has 0 rings (SSSR count). The van der Waals surface area contributed by atoms with Crippen molar-refractivity contribution in [2.75, 3.05) is 13.2 Å². The summed E-state index contributed by atoms with van der Waals surface area (Å²) in [7, 11) is 0. The van der Waals surface area contributed by atoms with Crippen molar-refractivity contribution in [2.45, 2.75) is 285 Å². The summed E-state index contributed by atoms with van der Waals surface area (Å²) in [5, 5.41) is 0. The molecule has 0 aromatic heterocycles. The Labute approximate surface area is 313 Å². The Morgan fingerprint density at radius 2 is 0.347 bits per heavy atom. The number of unbranched alkanes of at least 4 members (excludes halogenated alkanes) is 36. The first-order chi connectivity index (χ1) is 24.1. The summed E-state index contributed by atoms with van der Waals surface area (Å²) < 4.78 is 5.92. The highest BCUT2D eigenvalue weighted by Crippen LogP contribution is 2.17. The molecule has 0 bridgehead atoms. The molecule has 1 heteroatoms. The number of rotatable bonds is 44. The number of hydrogen-bond donors (Lipinski definition) is 0. The Balaban J connectivity index is 3.05. The van der Waals surface area contributed by atoms with Crippen LogP contribution in [0.1, 0.15) is 285 Å². The molecule has 0 aliphatic carbocycles. The van der Waals surface area contributed by atoms with Crippen molar-refractivity contribution in [3.8, 4) is 0 Å². The minimum atomic E-state index is 0.892. The molecule has 0 aromatic rings. The monoisotopic (exact) mass is 691 g/mol. The van der Waals surface area contributed by atoms with E-state index in [1.54, 1.807) is 0 Å². The van der Waals surface area contributed by atoms with Crippen LogP contribution in [0, 0.1) is 11.8 Å². The van der Waals surface area contributed by atoms with E-state index in [0.717, 1.165) is 25.0 Å². The topological polar surface area (TPSA) is 9.23 Å². The first-order valence-electron chi connectivity index (χ1n) is 23.7. The van der Waals surface area contributed by atoms with E-state index in [-0.39, 0.29) is 0 Å². The predicted molar refractivity (Wildman–Crippen MR) is 225 cm³/mol. The fourth-order valence-electron chi connectivity index (χ4n) is 7.63. The maximum Gasteiger partial charge on any atom is 0.0466 e. The smallest absolute Gasteiger partial charge is 0.0466 e. The zero-order valence-electron chi connectivity index (χ0n) is 35.3. The fraction of sp³-hybridized carbons (Fsp3) is 1.00. The summed E-state index contributed by atoms with van der Waals surface area (Å²) >= 11 is 0. The molecule has 296 valence electrons. The maximum absolute atomic E-state index is 5.92. The van der Waals surface area contributed by atoms with Gasteiger partial charge in [0, 0.05) is 13.2 Å². The van der Waals surface area contributed by atoms with Crippen LogP contribution in [-0.2, 0) is 4.74 Å². The lowest BCUT2D eigenvalue weighted by Gasteiger charge is -2.06. The Morgan fingerprint density at radius 3 is 0.510 bits per heavy atom. The highest BCUT2D eigenvalue weighted by Gasteiger charge is 1.99. The van der Waals surface area contributed by atoms with E-state index in [2.05, 4.69) is 27.7 Å². The third kappa shape index (κ3) is 48.0. The average Bonchev–Trinajstić information content (AvgIpc) is 3.08. The van der Waals surface area contributed by atoms with Gasteiger partial charge < -0.3 is 4.74 Å². The summed E-state index contributed by atoms with van der Waals surface area (Å²) in [5.74, 6) is 1.78. The average molecular weight is 691 g/mol. The molecular formula is C48H98O. The van der Waals surface area contributed by atoms with E-state index in [9.17, 15) is 0 Å². The molecule has 0 heterocycles. The van der Waals surface area contributed by atoms with Crippen molar-refractivity contribution in [3.63, 3.8) is 0 Å². The standard InChI is InChI=1S/C48H98O/c1-47(2)43-39-35-31-27-23-19-15-11-7-5-9-13-17-21-25-29-33-37-41-45-49-46-42-38-34-30-26-22-18-14-10-6-8-12-16-20-24-28-32-36-40-44-48(3)4/h47-48H,5-46H2,1-4H3. The van der Waals surface area contributed by atoms with Gasteiger partial charge in [0.2, 0.25) is 0 Å². The van der Waals surface area contributed by atoms with E-state index in [4.69, 9.17) is 4.74 Å². The Kier molecular flexibility index (Phi) is 44.1. The van der Waals surface area contributed by atoms with Crippen LogP contribution in [-0.4, -0.2) is 13.2 Å². The van der Waals surface area contributed by atoms with Crippen LogP contribution in [0.4, 0.5) is 0 Å². The summed E-state index contributed by atoms with van der Waals surface area (Å²) in [5.41, 5.74) is 0. The molecule has 0 aliphatic rings. The molecule has 0 spiro atoms. The van der Waals surface area contributed by atoms with Gasteiger partial charge in [0.05, 0.1) is 0 Å². The largest absolute Gasteiger partial charge is 0.381 e. The van der Waals surface area contributed by atoms with Crippen molar-refractivity contribution < 1.29 is 4.74 Å². The highest BCUT2D eigenvalue weighted by molar-refractivity contribution is 4.54. The first kappa shape index (κ1) is 49.0. The Morgan fingerprint density at radius 1 is 0.204 bits per heavy atom. The highest BCUT2D eigenvalue weighted by atomic mass is 16.5. The summed E-state index contributed by atoms with van der Waals surface area (Å²) in [4.78, 5) is 0. The van der Waals surface area contributed by atoms with E-state index < -0.39 is 0 Å². The Hall–Kier alpha value is -0.0400. The zero-order chi connectivity index (χ0) is 35.6. The van der Waals surface area contributed by atoms with Crippen molar-refractivity contribution in [1.29, 1.82) is 0 Å². The molecule has 49 heavy (non-hydrogen) atoms. The van der Waals surface area contributed by atoms with Crippen LogP contribution >= 0.6 is 0 Å². The normalized spacial score (nSPS) is 11.9. The number of ether oxygens (including phenoxy) is 1. The van der Waals surface area contributed by atoms with E-state index in [1.807, 2.05) is 0 Å². The molecule has 0 N–H and O–H groups in total. The van der Waals surface area contributed by atoms with Gasteiger partial charge in [-0.3, -0.25) is 0 Å². The van der Waals surface area contributed by atoms with E-state index >= 15 is 0 Å². The maximum atomic E-state index is 5.92. The van der Waals surface area contributed by atoms with Crippen LogP contribution in [0.25, 0.3) is 0 Å². The molecule has 0 amide bonds. The lowest BCUT2D eigenvalue weighted by molar-refractivity contribution is 0.125.